The first kappa shape index (κ1) is 7.68. The largest absolute Gasteiger partial charge is 0.400 e. The SMILES string of the molecule is [2H]c1cccc(N(C)C2=C(N)CC=C2)c1. The summed E-state index contributed by atoms with van der Waals surface area (Å²) in [6, 6.07) is 7.96. The fraction of sp³-hybridized carbons (Fsp3) is 0.167. The van der Waals surface area contributed by atoms with Crippen LogP contribution in [0.3, 0.4) is 0 Å². The molecule has 0 saturated carbocycles. The van der Waals surface area contributed by atoms with E-state index in [0.29, 0.717) is 6.04 Å². The van der Waals surface area contributed by atoms with Gasteiger partial charge in [-0.25, -0.2) is 0 Å². The van der Waals surface area contributed by atoms with Crippen molar-refractivity contribution in [2.75, 3.05) is 11.9 Å². The molecule has 1 aliphatic carbocycles. The van der Waals surface area contributed by atoms with Crippen LogP contribution in [0.4, 0.5) is 5.69 Å². The zero-order chi connectivity index (χ0) is 10.8. The monoisotopic (exact) mass is 187 g/mol. The van der Waals surface area contributed by atoms with Gasteiger partial charge in [0.25, 0.3) is 0 Å². The Labute approximate surface area is 85.7 Å². The standard InChI is InChI=1S/C12H14N2/c1-14(10-6-3-2-4-7-10)12-9-5-8-11(12)13/h2-7,9H,8,13H2,1H3/i3D. The Morgan fingerprint density at radius 2 is 2.29 bits per heavy atom. The van der Waals surface area contributed by atoms with Gasteiger partial charge < -0.3 is 10.6 Å². The number of anilines is 1. The number of para-hydroxylation sites is 1. The summed E-state index contributed by atoms with van der Waals surface area (Å²) in [6.45, 7) is 0. The second kappa shape index (κ2) is 3.58. The van der Waals surface area contributed by atoms with Crippen molar-refractivity contribution in [3.63, 3.8) is 0 Å². The van der Waals surface area contributed by atoms with E-state index in [-0.39, 0.29) is 0 Å². The highest BCUT2D eigenvalue weighted by Crippen LogP contribution is 2.23. The zero-order valence-electron chi connectivity index (χ0n) is 9.20. The third-order valence-corrected chi connectivity index (χ3v) is 2.38. The number of nitrogens with zero attached hydrogens (tertiary/aromatic N) is 1. The average molecular weight is 187 g/mol. The van der Waals surface area contributed by atoms with E-state index < -0.39 is 0 Å². The molecule has 2 N–H and O–H groups in total. The lowest BCUT2D eigenvalue weighted by Gasteiger charge is -2.20. The minimum absolute atomic E-state index is 0.514. The Bertz CT molecular complexity index is 435. The summed E-state index contributed by atoms with van der Waals surface area (Å²) in [5.41, 5.74) is 8.79. The lowest BCUT2D eigenvalue weighted by Crippen LogP contribution is -2.17. The van der Waals surface area contributed by atoms with Gasteiger partial charge in [-0.05, 0) is 18.2 Å². The van der Waals surface area contributed by atoms with Crippen molar-refractivity contribution in [2.45, 2.75) is 6.42 Å². The van der Waals surface area contributed by atoms with E-state index >= 15 is 0 Å². The predicted octanol–water partition coefficient (Wildman–Crippen LogP) is 2.25. The summed E-state index contributed by atoms with van der Waals surface area (Å²) in [6.07, 6.45) is 4.89. The molecule has 0 atom stereocenters. The number of rotatable bonds is 2. The Balaban J connectivity index is 2.32. The van der Waals surface area contributed by atoms with Crippen LogP contribution in [0.15, 0.2) is 53.9 Å². The molecule has 0 bridgehead atoms. The van der Waals surface area contributed by atoms with Crippen LogP contribution in [0.2, 0.25) is 0 Å². The summed E-state index contributed by atoms with van der Waals surface area (Å²) < 4.78 is 7.56. The predicted molar refractivity (Wildman–Crippen MR) is 59.8 cm³/mol. The van der Waals surface area contributed by atoms with Gasteiger partial charge in [0.05, 0.1) is 7.07 Å². The summed E-state index contributed by atoms with van der Waals surface area (Å²) >= 11 is 0. The van der Waals surface area contributed by atoms with Crippen LogP contribution in [0, 0.1) is 0 Å². The second-order valence-electron chi connectivity index (χ2n) is 3.34. The maximum Gasteiger partial charge on any atom is 0.0623 e. The van der Waals surface area contributed by atoms with Gasteiger partial charge in [0, 0.05) is 24.9 Å². The van der Waals surface area contributed by atoms with E-state index in [1.165, 1.54) is 0 Å². The van der Waals surface area contributed by atoms with Crippen molar-refractivity contribution < 1.29 is 1.37 Å². The smallest absolute Gasteiger partial charge is 0.0623 e. The van der Waals surface area contributed by atoms with Crippen LogP contribution in [-0.2, 0) is 0 Å². The lowest BCUT2D eigenvalue weighted by molar-refractivity contribution is 1.07. The van der Waals surface area contributed by atoms with E-state index in [4.69, 9.17) is 7.10 Å². The topological polar surface area (TPSA) is 29.3 Å². The fourth-order valence-corrected chi connectivity index (χ4v) is 1.57. The Morgan fingerprint density at radius 1 is 1.43 bits per heavy atom. The number of hydrogen-bond donors (Lipinski definition) is 1. The molecule has 1 aliphatic rings. The van der Waals surface area contributed by atoms with Gasteiger partial charge in [-0.15, -0.1) is 0 Å². The molecule has 0 heterocycles. The molecular formula is C12H14N2. The van der Waals surface area contributed by atoms with E-state index in [1.807, 2.05) is 42.3 Å². The summed E-state index contributed by atoms with van der Waals surface area (Å²) in [5, 5.41) is 0. The van der Waals surface area contributed by atoms with Gasteiger partial charge in [-0.2, -0.15) is 0 Å². The summed E-state index contributed by atoms with van der Waals surface area (Å²) in [5.74, 6) is 0. The molecule has 0 saturated heterocycles. The van der Waals surface area contributed by atoms with Gasteiger partial charge in [0.2, 0.25) is 0 Å². The average Bonchev–Trinajstić information content (AvgIpc) is 2.63. The molecule has 0 spiro atoms. The molecule has 2 rings (SSSR count). The number of hydrogen-bond acceptors (Lipinski definition) is 2. The van der Waals surface area contributed by atoms with Crippen LogP contribution in [0.5, 0.6) is 0 Å². The van der Waals surface area contributed by atoms with E-state index in [0.717, 1.165) is 23.5 Å². The van der Waals surface area contributed by atoms with Crippen molar-refractivity contribution in [2.24, 2.45) is 5.73 Å². The highest BCUT2D eigenvalue weighted by atomic mass is 15.1. The third-order valence-electron chi connectivity index (χ3n) is 2.38. The quantitative estimate of drug-likeness (QED) is 0.769. The second-order valence-corrected chi connectivity index (χ2v) is 3.34. The molecule has 1 aromatic carbocycles. The molecule has 0 amide bonds. The van der Waals surface area contributed by atoms with E-state index in [9.17, 15) is 0 Å². The minimum Gasteiger partial charge on any atom is -0.400 e. The van der Waals surface area contributed by atoms with Crippen LogP contribution >= 0.6 is 0 Å². The molecule has 2 heteroatoms. The fourth-order valence-electron chi connectivity index (χ4n) is 1.57. The molecule has 0 unspecified atom stereocenters. The van der Waals surface area contributed by atoms with E-state index in [1.54, 1.807) is 6.07 Å². The Morgan fingerprint density at radius 3 is 2.93 bits per heavy atom. The lowest BCUT2D eigenvalue weighted by atomic mass is 10.2. The van der Waals surface area contributed by atoms with Gasteiger partial charge in [-0.1, -0.05) is 24.3 Å². The maximum absolute atomic E-state index is 7.56. The Hall–Kier alpha value is -1.70. The molecule has 1 aromatic rings. The number of likely N-dealkylation sites (N-methyl/N-ethyl adjacent to an activating group) is 1. The van der Waals surface area contributed by atoms with Crippen LogP contribution in [-0.4, -0.2) is 7.05 Å². The normalized spacial score (nSPS) is 15.9. The number of allylic oxidation sites excluding steroid dienone is 2. The summed E-state index contributed by atoms with van der Waals surface area (Å²) in [7, 11) is 1.96. The molecule has 72 valence electrons. The number of nitrogens with two attached hydrogens (primary N) is 1. The molecule has 0 radical (unpaired) electrons. The number of benzene rings is 1. The van der Waals surface area contributed by atoms with Crippen molar-refractivity contribution in [3.8, 4) is 0 Å². The van der Waals surface area contributed by atoms with Crippen LogP contribution in [0.25, 0.3) is 0 Å². The first-order valence-corrected chi connectivity index (χ1v) is 4.64. The van der Waals surface area contributed by atoms with Gasteiger partial charge in [-0.3, -0.25) is 0 Å². The molecule has 14 heavy (non-hydrogen) atoms. The van der Waals surface area contributed by atoms with Crippen molar-refractivity contribution in [1.82, 2.24) is 0 Å². The van der Waals surface area contributed by atoms with Gasteiger partial charge >= 0.3 is 0 Å². The molecule has 0 aliphatic heterocycles. The zero-order valence-corrected chi connectivity index (χ0v) is 8.20. The molecule has 2 nitrogen and oxygen atoms in total. The van der Waals surface area contributed by atoms with Crippen LogP contribution in [0.1, 0.15) is 7.79 Å². The first-order chi connectivity index (χ1) is 7.18. The maximum atomic E-state index is 7.56. The third kappa shape index (κ3) is 1.51. The molecular weight excluding hydrogens is 172 g/mol. The molecule has 0 fully saturated rings. The van der Waals surface area contributed by atoms with Crippen molar-refractivity contribution in [1.29, 1.82) is 0 Å². The van der Waals surface area contributed by atoms with Crippen molar-refractivity contribution >= 4 is 5.69 Å². The Kier molecular flexibility index (Phi) is 1.96. The van der Waals surface area contributed by atoms with E-state index in [2.05, 4.69) is 0 Å². The first-order valence-electron chi connectivity index (χ1n) is 5.14. The van der Waals surface area contributed by atoms with Gasteiger partial charge in [0.15, 0.2) is 0 Å². The minimum atomic E-state index is 0.514. The molecule has 0 aromatic heterocycles. The van der Waals surface area contributed by atoms with Crippen LogP contribution < -0.4 is 10.6 Å². The van der Waals surface area contributed by atoms with Gasteiger partial charge in [0.1, 0.15) is 0 Å². The summed E-state index contributed by atoms with van der Waals surface area (Å²) in [4.78, 5) is 2.01. The van der Waals surface area contributed by atoms with Crippen molar-refractivity contribution in [3.05, 3.63) is 53.9 Å². The highest BCUT2D eigenvalue weighted by molar-refractivity contribution is 5.56. The highest BCUT2D eigenvalue weighted by Gasteiger charge is 2.11.